The minimum Gasteiger partial charge on any atom is -0.465 e. The lowest BCUT2D eigenvalue weighted by Gasteiger charge is -2.36. The van der Waals surface area contributed by atoms with Crippen LogP contribution in [0.25, 0.3) is 0 Å². The number of carbonyl (C=O) groups is 3. The molecule has 1 aliphatic rings. The van der Waals surface area contributed by atoms with Crippen molar-refractivity contribution >= 4 is 18.3 Å². The first-order valence-corrected chi connectivity index (χ1v) is 8.06. The van der Waals surface area contributed by atoms with Crippen LogP contribution in [-0.2, 0) is 9.59 Å². The van der Waals surface area contributed by atoms with E-state index in [-0.39, 0.29) is 32.4 Å². The lowest BCUT2D eigenvalue weighted by Crippen LogP contribution is -2.55. The van der Waals surface area contributed by atoms with E-state index in [2.05, 4.69) is 5.32 Å². The van der Waals surface area contributed by atoms with Gasteiger partial charge in [-0.15, -0.1) is 0 Å². The Morgan fingerprint density at radius 2 is 1.88 bits per heavy atom. The molecule has 0 aliphatic carbocycles. The molecule has 1 fully saturated rings. The van der Waals surface area contributed by atoms with Crippen molar-refractivity contribution in [2.24, 2.45) is 0 Å². The molecule has 0 spiro atoms. The molecule has 8 heteroatoms. The van der Waals surface area contributed by atoms with Gasteiger partial charge in [-0.3, -0.25) is 4.79 Å². The lowest BCUT2D eigenvalue weighted by molar-refractivity contribution is -0.145. The molecule has 7 nitrogen and oxygen atoms in total. The summed E-state index contributed by atoms with van der Waals surface area (Å²) in [5.74, 6) is -1.03. The molecule has 2 amide bonds. The average Bonchev–Trinajstić information content (AvgIpc) is 2.59. The number of aliphatic hydroxyl groups is 1. The Labute approximate surface area is 144 Å². The van der Waals surface area contributed by atoms with Crippen molar-refractivity contribution in [3.05, 3.63) is 35.6 Å². The van der Waals surface area contributed by atoms with Crippen molar-refractivity contribution < 1.29 is 29.0 Å². The molecule has 0 radical (unpaired) electrons. The van der Waals surface area contributed by atoms with Crippen LogP contribution in [0, 0.1) is 5.82 Å². The number of halogens is 1. The predicted octanol–water partition coefficient (Wildman–Crippen LogP) is 1.47. The van der Waals surface area contributed by atoms with Gasteiger partial charge in [-0.2, -0.15) is 0 Å². The topological polar surface area (TPSA) is 107 Å². The van der Waals surface area contributed by atoms with E-state index in [1.54, 1.807) is 0 Å². The number of hydrogen-bond acceptors (Lipinski definition) is 4. The zero-order valence-electron chi connectivity index (χ0n) is 13.7. The predicted molar refractivity (Wildman–Crippen MR) is 86.4 cm³/mol. The van der Waals surface area contributed by atoms with Crippen LogP contribution in [0.5, 0.6) is 0 Å². The average molecular weight is 352 g/mol. The molecule has 1 atom stereocenters. The highest BCUT2D eigenvalue weighted by Gasteiger charge is 2.41. The summed E-state index contributed by atoms with van der Waals surface area (Å²) in [7, 11) is 0. The number of carbonyl (C=O) groups excluding carboxylic acids is 2. The van der Waals surface area contributed by atoms with E-state index in [1.807, 2.05) is 0 Å². The maximum Gasteiger partial charge on any atom is 0.407 e. The molecule has 1 saturated heterocycles. The number of hydrogen-bond donors (Lipinski definition) is 3. The van der Waals surface area contributed by atoms with E-state index < -0.39 is 29.5 Å². The molecule has 1 aromatic rings. The minimum atomic E-state index is -1.66. The third-order valence-electron chi connectivity index (χ3n) is 4.43. The van der Waals surface area contributed by atoms with Crippen molar-refractivity contribution in [2.45, 2.75) is 37.3 Å². The highest BCUT2D eigenvalue weighted by atomic mass is 19.1. The summed E-state index contributed by atoms with van der Waals surface area (Å²) in [4.78, 5) is 35.3. The van der Waals surface area contributed by atoms with E-state index in [9.17, 15) is 23.9 Å². The number of rotatable bonds is 6. The van der Waals surface area contributed by atoms with Gasteiger partial charge in [0.15, 0.2) is 0 Å². The van der Waals surface area contributed by atoms with Gasteiger partial charge in [0.05, 0.1) is 6.04 Å². The number of amides is 2. The number of benzene rings is 1. The molecule has 136 valence electrons. The minimum absolute atomic E-state index is 0.00501. The number of nitrogens with one attached hydrogen (secondary N) is 1. The number of nitrogens with zero attached hydrogens (tertiary/aromatic N) is 1. The van der Waals surface area contributed by atoms with Crippen LogP contribution in [0.15, 0.2) is 24.3 Å². The molecule has 3 N–H and O–H groups in total. The van der Waals surface area contributed by atoms with Gasteiger partial charge in [-0.05, 0) is 24.1 Å². The Hall–Kier alpha value is -2.48. The summed E-state index contributed by atoms with van der Waals surface area (Å²) in [6, 6.07) is 5.01. The van der Waals surface area contributed by atoms with Gasteiger partial charge < -0.3 is 25.2 Å². The van der Waals surface area contributed by atoms with Crippen LogP contribution in [-0.4, -0.2) is 52.1 Å². The molecular formula is C17H21FN2O5. The van der Waals surface area contributed by atoms with E-state index in [0.717, 1.165) is 11.2 Å². The van der Waals surface area contributed by atoms with Gasteiger partial charge in [-0.1, -0.05) is 12.1 Å². The summed E-state index contributed by atoms with van der Waals surface area (Å²) in [6.45, 7) is 0.129. The summed E-state index contributed by atoms with van der Waals surface area (Å²) < 4.78 is 13.1. The molecule has 1 aromatic carbocycles. The van der Waals surface area contributed by atoms with Crippen LogP contribution in [0.1, 0.15) is 37.3 Å². The second kappa shape index (κ2) is 8.06. The van der Waals surface area contributed by atoms with Gasteiger partial charge in [0.1, 0.15) is 17.7 Å². The zero-order chi connectivity index (χ0) is 18.4. The molecule has 0 saturated carbocycles. The molecule has 25 heavy (non-hydrogen) atoms. The Kier molecular flexibility index (Phi) is 6.08. The molecule has 1 unspecified atom stereocenters. The quantitative estimate of drug-likeness (QED) is 0.672. The van der Waals surface area contributed by atoms with Gasteiger partial charge in [0.2, 0.25) is 0 Å². The lowest BCUT2D eigenvalue weighted by atomic mass is 9.89. The number of likely N-dealkylation sites (tertiary alicyclic amines) is 1. The second-order valence-corrected chi connectivity index (χ2v) is 6.12. The monoisotopic (exact) mass is 352 g/mol. The van der Waals surface area contributed by atoms with Crippen molar-refractivity contribution in [3.8, 4) is 0 Å². The molecule has 1 aliphatic heterocycles. The first kappa shape index (κ1) is 18.9. The van der Waals surface area contributed by atoms with Crippen molar-refractivity contribution in [1.82, 2.24) is 10.2 Å². The first-order valence-electron chi connectivity index (χ1n) is 8.06. The van der Waals surface area contributed by atoms with Gasteiger partial charge in [0.25, 0.3) is 5.91 Å². The molecule has 2 rings (SSSR count). The molecule has 0 bridgehead atoms. The van der Waals surface area contributed by atoms with Gasteiger partial charge >= 0.3 is 6.09 Å². The van der Waals surface area contributed by atoms with Crippen molar-refractivity contribution in [3.63, 3.8) is 0 Å². The van der Waals surface area contributed by atoms with Crippen LogP contribution < -0.4 is 5.32 Å². The van der Waals surface area contributed by atoms with Crippen molar-refractivity contribution in [1.29, 1.82) is 0 Å². The third kappa shape index (κ3) is 4.76. The fraction of sp³-hybridized carbons (Fsp3) is 0.471. The molecule has 0 aromatic heterocycles. The highest BCUT2D eigenvalue weighted by Crippen LogP contribution is 2.25. The Morgan fingerprint density at radius 3 is 2.40 bits per heavy atom. The maximum atomic E-state index is 13.1. The standard InChI is InChI=1S/C17H21FN2O5/c18-13-5-3-12(4-6-13)14(2-1-11-21)19-15(22)17(25)7-9-20(10-8-17)16(23)24/h3-6,11,14,25H,1-2,7-10H2,(H,19,22)(H,23,24). The van der Waals surface area contributed by atoms with Crippen LogP contribution in [0.2, 0.25) is 0 Å². The fourth-order valence-corrected chi connectivity index (χ4v) is 2.84. The van der Waals surface area contributed by atoms with Gasteiger partial charge in [-0.25, -0.2) is 9.18 Å². The Bertz CT molecular complexity index is 626. The highest BCUT2D eigenvalue weighted by molar-refractivity contribution is 5.85. The van der Waals surface area contributed by atoms with Crippen LogP contribution >= 0.6 is 0 Å². The van der Waals surface area contributed by atoms with E-state index in [1.165, 1.54) is 24.3 Å². The zero-order valence-corrected chi connectivity index (χ0v) is 13.7. The first-order chi connectivity index (χ1) is 11.9. The number of piperidine rings is 1. The third-order valence-corrected chi connectivity index (χ3v) is 4.43. The van der Waals surface area contributed by atoms with E-state index in [4.69, 9.17) is 5.11 Å². The van der Waals surface area contributed by atoms with E-state index in [0.29, 0.717) is 12.0 Å². The second-order valence-electron chi connectivity index (χ2n) is 6.12. The summed E-state index contributed by atoms with van der Waals surface area (Å²) >= 11 is 0. The number of aldehydes is 1. The largest absolute Gasteiger partial charge is 0.465 e. The summed E-state index contributed by atoms with van der Waals surface area (Å²) in [5.41, 5.74) is -1.03. The Balaban J connectivity index is 2.07. The van der Waals surface area contributed by atoms with Crippen LogP contribution in [0.4, 0.5) is 9.18 Å². The number of carboxylic acid groups (broad SMARTS) is 1. The van der Waals surface area contributed by atoms with Gasteiger partial charge in [0, 0.05) is 32.4 Å². The summed E-state index contributed by atoms with van der Waals surface area (Å²) in [6.07, 6.45) is 0.149. The summed E-state index contributed by atoms with van der Waals surface area (Å²) in [5, 5.41) is 22.2. The fourth-order valence-electron chi connectivity index (χ4n) is 2.84. The maximum absolute atomic E-state index is 13.1. The van der Waals surface area contributed by atoms with E-state index >= 15 is 0 Å². The SMILES string of the molecule is O=CCCC(NC(=O)C1(O)CCN(C(=O)O)CC1)c1ccc(F)cc1. The molecular weight excluding hydrogens is 331 g/mol. The van der Waals surface area contributed by atoms with Crippen molar-refractivity contribution in [2.75, 3.05) is 13.1 Å². The molecule has 1 heterocycles. The Morgan fingerprint density at radius 1 is 1.28 bits per heavy atom. The normalized spacial score (nSPS) is 17.6. The van der Waals surface area contributed by atoms with Crippen LogP contribution in [0.3, 0.4) is 0 Å². The smallest absolute Gasteiger partial charge is 0.407 e.